The molecule has 3 aromatic heterocycles. The van der Waals surface area contributed by atoms with Crippen LogP contribution in [0, 0.1) is 5.41 Å². The number of carbonyl (C=O) groups is 1. The van der Waals surface area contributed by atoms with Crippen molar-refractivity contribution in [2.45, 2.75) is 13.5 Å². The number of thiophene rings is 1. The second-order valence-electron chi connectivity index (χ2n) is 9.94. The van der Waals surface area contributed by atoms with E-state index in [4.69, 9.17) is 19.3 Å². The third-order valence-corrected chi connectivity index (χ3v) is 7.55. The molecule has 2 aliphatic heterocycles. The SMILES string of the molecule is COc1cc2c(cc1-c1ccn(C)c1)-c1c(c(C(=O)N(C)CC3(C)COC3)nn1-c1ccsc1)CO2. The van der Waals surface area contributed by atoms with Crippen LogP contribution in [-0.4, -0.2) is 59.1 Å². The maximum Gasteiger partial charge on any atom is 0.274 e. The topological polar surface area (TPSA) is 70.8 Å². The van der Waals surface area contributed by atoms with E-state index in [2.05, 4.69) is 25.3 Å². The van der Waals surface area contributed by atoms with Crippen molar-refractivity contribution in [2.24, 2.45) is 12.5 Å². The van der Waals surface area contributed by atoms with Crippen LogP contribution >= 0.6 is 11.3 Å². The van der Waals surface area contributed by atoms with Gasteiger partial charge in [0.05, 0.1) is 31.7 Å². The summed E-state index contributed by atoms with van der Waals surface area (Å²) in [5, 5.41) is 8.91. The molecule has 9 heteroatoms. The van der Waals surface area contributed by atoms with Crippen LogP contribution in [0.3, 0.4) is 0 Å². The third kappa shape index (κ3) is 3.70. The fourth-order valence-electron chi connectivity index (χ4n) is 5.04. The molecular weight excluding hydrogens is 476 g/mol. The van der Waals surface area contributed by atoms with Crippen molar-refractivity contribution in [1.82, 2.24) is 19.2 Å². The van der Waals surface area contributed by atoms with E-state index >= 15 is 0 Å². The van der Waals surface area contributed by atoms with E-state index in [0.29, 0.717) is 31.2 Å². The number of fused-ring (bicyclic) bond motifs is 3. The number of hydrogen-bond acceptors (Lipinski definition) is 6. The van der Waals surface area contributed by atoms with E-state index in [1.165, 1.54) is 0 Å². The summed E-state index contributed by atoms with van der Waals surface area (Å²) in [6.07, 6.45) is 4.06. The minimum atomic E-state index is -0.114. The zero-order valence-electron chi connectivity index (χ0n) is 20.8. The van der Waals surface area contributed by atoms with Crippen LogP contribution in [0.25, 0.3) is 28.1 Å². The van der Waals surface area contributed by atoms with Crippen molar-refractivity contribution >= 4 is 17.2 Å². The fourth-order valence-corrected chi connectivity index (χ4v) is 5.65. The molecule has 0 radical (unpaired) electrons. The van der Waals surface area contributed by atoms with E-state index in [-0.39, 0.29) is 17.9 Å². The summed E-state index contributed by atoms with van der Waals surface area (Å²) in [6.45, 7) is 4.32. The number of carbonyl (C=O) groups excluding carboxylic acids is 1. The van der Waals surface area contributed by atoms with Crippen LogP contribution in [0.4, 0.5) is 0 Å². The molecule has 0 spiro atoms. The summed E-state index contributed by atoms with van der Waals surface area (Å²) < 4.78 is 21.2. The lowest BCUT2D eigenvalue weighted by atomic mass is 9.88. The van der Waals surface area contributed by atoms with Gasteiger partial charge >= 0.3 is 0 Å². The van der Waals surface area contributed by atoms with E-state index < -0.39 is 0 Å². The Hall–Kier alpha value is -3.56. The third-order valence-electron chi connectivity index (χ3n) is 6.88. The summed E-state index contributed by atoms with van der Waals surface area (Å²) in [5.74, 6) is 1.33. The second-order valence-corrected chi connectivity index (χ2v) is 10.7. The lowest BCUT2D eigenvalue weighted by Crippen LogP contribution is -2.49. The van der Waals surface area contributed by atoms with E-state index in [9.17, 15) is 4.79 Å². The Kier molecular flexibility index (Phi) is 5.42. The van der Waals surface area contributed by atoms with Gasteiger partial charge in [-0.3, -0.25) is 4.79 Å². The van der Waals surface area contributed by atoms with Crippen molar-refractivity contribution in [2.75, 3.05) is 33.9 Å². The predicted octanol–water partition coefficient (Wildman–Crippen LogP) is 4.62. The highest BCUT2D eigenvalue weighted by Crippen LogP contribution is 2.46. The number of benzene rings is 1. The molecule has 0 atom stereocenters. The smallest absolute Gasteiger partial charge is 0.274 e. The van der Waals surface area contributed by atoms with Crippen molar-refractivity contribution in [3.63, 3.8) is 0 Å². The van der Waals surface area contributed by atoms with Crippen LogP contribution in [0.1, 0.15) is 23.0 Å². The first kappa shape index (κ1) is 22.9. The van der Waals surface area contributed by atoms with Gasteiger partial charge < -0.3 is 23.7 Å². The average Bonchev–Trinajstić information content (AvgIpc) is 3.61. The van der Waals surface area contributed by atoms with Gasteiger partial charge in [0.1, 0.15) is 18.1 Å². The number of amides is 1. The van der Waals surface area contributed by atoms with Gasteiger partial charge in [-0.05, 0) is 23.6 Å². The van der Waals surface area contributed by atoms with Crippen LogP contribution in [0.5, 0.6) is 11.5 Å². The van der Waals surface area contributed by atoms with Gasteiger partial charge in [-0.2, -0.15) is 16.4 Å². The van der Waals surface area contributed by atoms with Gasteiger partial charge in [-0.1, -0.05) is 6.92 Å². The Balaban J connectivity index is 1.50. The van der Waals surface area contributed by atoms with Crippen LogP contribution < -0.4 is 9.47 Å². The summed E-state index contributed by atoms with van der Waals surface area (Å²) in [5.41, 5.74) is 5.87. The molecule has 186 valence electrons. The minimum absolute atomic E-state index is 0.0232. The first-order valence-corrected chi connectivity index (χ1v) is 12.8. The highest BCUT2D eigenvalue weighted by Gasteiger charge is 2.38. The highest BCUT2D eigenvalue weighted by atomic mass is 32.1. The molecule has 1 aromatic carbocycles. The van der Waals surface area contributed by atoms with Crippen molar-refractivity contribution in [3.8, 4) is 39.6 Å². The monoisotopic (exact) mass is 504 g/mol. The lowest BCUT2D eigenvalue weighted by molar-refractivity contribution is -0.109. The number of methoxy groups -OCH3 is 1. The number of ether oxygens (including phenoxy) is 3. The molecule has 1 fully saturated rings. The largest absolute Gasteiger partial charge is 0.496 e. The van der Waals surface area contributed by atoms with Crippen LogP contribution in [0.2, 0.25) is 0 Å². The highest BCUT2D eigenvalue weighted by molar-refractivity contribution is 7.08. The molecule has 0 aliphatic carbocycles. The number of nitrogens with zero attached hydrogens (tertiary/aromatic N) is 4. The number of aryl methyl sites for hydroxylation is 1. The maximum absolute atomic E-state index is 13.7. The van der Waals surface area contributed by atoms with Crippen molar-refractivity contribution in [1.29, 1.82) is 0 Å². The zero-order chi connectivity index (χ0) is 25.0. The standard InChI is InChI=1S/C27H28N4O4S/c1-27(15-34-16-27)14-30(3)26(32)24-21-12-35-23-10-22(33-4)19(17-5-7-29(2)11-17)9-20(23)25(21)31(28-24)18-6-8-36-13-18/h5-11,13H,12,14-16H2,1-4H3. The summed E-state index contributed by atoms with van der Waals surface area (Å²) in [4.78, 5) is 15.4. The molecule has 1 saturated heterocycles. The van der Waals surface area contributed by atoms with E-state index in [1.807, 2.05) is 52.4 Å². The molecule has 5 heterocycles. The molecule has 4 aromatic rings. The Morgan fingerprint density at radius 3 is 2.75 bits per heavy atom. The van der Waals surface area contributed by atoms with Crippen molar-refractivity contribution < 1.29 is 19.0 Å². The lowest BCUT2D eigenvalue weighted by Gasteiger charge is -2.40. The normalized spacial score (nSPS) is 15.4. The van der Waals surface area contributed by atoms with Gasteiger partial charge in [0.15, 0.2) is 5.69 Å². The molecule has 2 aliphatic rings. The molecule has 0 unspecified atom stereocenters. The molecule has 0 bridgehead atoms. The van der Waals surface area contributed by atoms with E-state index in [1.54, 1.807) is 23.3 Å². The molecule has 0 N–H and O–H groups in total. The van der Waals surface area contributed by atoms with Gasteiger partial charge in [0.25, 0.3) is 5.91 Å². The van der Waals surface area contributed by atoms with Crippen LogP contribution in [0.15, 0.2) is 47.4 Å². The maximum atomic E-state index is 13.7. The molecule has 1 amide bonds. The first-order chi connectivity index (χ1) is 17.4. The minimum Gasteiger partial charge on any atom is -0.496 e. The Morgan fingerprint density at radius 2 is 2.11 bits per heavy atom. The van der Waals surface area contributed by atoms with Gasteiger partial charge in [0.2, 0.25) is 0 Å². The van der Waals surface area contributed by atoms with Crippen molar-refractivity contribution in [3.05, 3.63) is 58.7 Å². The second kappa shape index (κ2) is 8.53. The molecule has 8 nitrogen and oxygen atoms in total. The molecule has 0 saturated carbocycles. The molecule has 6 rings (SSSR count). The quantitative estimate of drug-likeness (QED) is 0.383. The summed E-state index contributed by atoms with van der Waals surface area (Å²) in [7, 11) is 5.49. The number of rotatable bonds is 6. The van der Waals surface area contributed by atoms with Gasteiger partial charge in [-0.15, -0.1) is 0 Å². The first-order valence-electron chi connectivity index (χ1n) is 11.8. The fraction of sp³-hybridized carbons (Fsp3) is 0.333. The average molecular weight is 505 g/mol. The summed E-state index contributed by atoms with van der Waals surface area (Å²) in [6, 6.07) is 8.08. The molecule has 36 heavy (non-hydrogen) atoms. The Morgan fingerprint density at radius 1 is 1.28 bits per heavy atom. The summed E-state index contributed by atoms with van der Waals surface area (Å²) >= 11 is 1.59. The number of aromatic nitrogens is 3. The number of hydrogen-bond donors (Lipinski definition) is 0. The van der Waals surface area contributed by atoms with Crippen LogP contribution in [-0.2, 0) is 18.4 Å². The van der Waals surface area contributed by atoms with Gasteiger partial charge in [0, 0.05) is 72.1 Å². The molecular formula is C27H28N4O4S. The Bertz CT molecular complexity index is 1450. The van der Waals surface area contributed by atoms with E-state index in [0.717, 1.165) is 39.4 Å². The predicted molar refractivity (Wildman–Crippen MR) is 138 cm³/mol. The Labute approximate surface area is 213 Å². The zero-order valence-corrected chi connectivity index (χ0v) is 21.6. The van der Waals surface area contributed by atoms with Gasteiger partial charge in [-0.25, -0.2) is 4.68 Å².